The summed E-state index contributed by atoms with van der Waals surface area (Å²) in [6.45, 7) is 2.04. The first-order chi connectivity index (χ1) is 18.4. The maximum Gasteiger partial charge on any atom is 0.417 e. The van der Waals surface area contributed by atoms with Crippen LogP contribution in [0.15, 0.2) is 101 Å². The number of thioether (sulfide) groups is 1. The predicted octanol–water partition coefficient (Wildman–Crippen LogP) is 8.01. The quantitative estimate of drug-likeness (QED) is 0.204. The summed E-state index contributed by atoms with van der Waals surface area (Å²) in [5.41, 5.74) is 1.60. The maximum atomic E-state index is 13.1. The Hall–Kier alpha value is -3.47. The molecule has 4 aromatic rings. The minimum absolute atomic E-state index is 0.195. The number of hydrogen-bond donors (Lipinski definition) is 2. The molecular weight excluding hydrogens is 569 g/mol. The molecule has 0 fully saturated rings. The summed E-state index contributed by atoms with van der Waals surface area (Å²) in [6.07, 6.45) is -4.74. The standard InChI is InChI=1S/C28H22ClF3N2O3S2/c1-18-2-11-23(12-3-18)38-17-19-4-6-20(7-5-19)27(35)33-21-8-13-24(14-9-21)39(36,37)34-22-10-15-26(29)25(16-22)28(30,31)32/h2-16,34H,17H2,1H3,(H,33,35). The third-order valence-corrected chi connectivity index (χ3v) is 8.40. The highest BCUT2D eigenvalue weighted by molar-refractivity contribution is 7.98. The smallest absolute Gasteiger partial charge is 0.322 e. The van der Waals surface area contributed by atoms with E-state index in [4.69, 9.17) is 11.6 Å². The van der Waals surface area contributed by atoms with Gasteiger partial charge in [-0.05, 0) is 79.2 Å². The molecule has 0 radical (unpaired) electrons. The van der Waals surface area contributed by atoms with Crippen LogP contribution in [-0.4, -0.2) is 14.3 Å². The third kappa shape index (κ3) is 7.56. The Morgan fingerprint density at radius 2 is 1.49 bits per heavy atom. The molecule has 1 amide bonds. The van der Waals surface area contributed by atoms with Crippen LogP contribution < -0.4 is 10.0 Å². The number of anilines is 2. The average Bonchev–Trinajstić information content (AvgIpc) is 2.89. The topological polar surface area (TPSA) is 75.3 Å². The Bertz CT molecular complexity index is 1570. The van der Waals surface area contributed by atoms with Crippen LogP contribution in [0.2, 0.25) is 5.02 Å². The second kappa shape index (κ2) is 11.7. The van der Waals surface area contributed by atoms with Gasteiger partial charge in [0, 0.05) is 27.6 Å². The van der Waals surface area contributed by atoms with E-state index in [0.717, 1.165) is 28.3 Å². The van der Waals surface area contributed by atoms with Crippen molar-refractivity contribution in [3.05, 3.63) is 118 Å². The SMILES string of the molecule is Cc1ccc(SCc2ccc(C(=O)Nc3ccc(S(=O)(=O)Nc4ccc(Cl)c(C(F)(F)F)c4)cc3)cc2)cc1. The molecule has 0 unspecified atom stereocenters. The van der Waals surface area contributed by atoms with E-state index in [1.54, 1.807) is 23.9 Å². The molecule has 5 nitrogen and oxygen atoms in total. The molecule has 0 saturated heterocycles. The normalized spacial score (nSPS) is 11.7. The van der Waals surface area contributed by atoms with Gasteiger partial charge in [-0.2, -0.15) is 13.2 Å². The molecule has 4 aromatic carbocycles. The van der Waals surface area contributed by atoms with Gasteiger partial charge in [0.05, 0.1) is 15.5 Å². The lowest BCUT2D eigenvalue weighted by Crippen LogP contribution is -2.15. The zero-order valence-corrected chi connectivity index (χ0v) is 22.8. The van der Waals surface area contributed by atoms with Crippen molar-refractivity contribution in [1.82, 2.24) is 0 Å². The minimum atomic E-state index is -4.74. The molecule has 11 heteroatoms. The van der Waals surface area contributed by atoms with E-state index in [0.29, 0.717) is 17.3 Å². The predicted molar refractivity (Wildman–Crippen MR) is 149 cm³/mol. The largest absolute Gasteiger partial charge is 0.417 e. The van der Waals surface area contributed by atoms with Crippen LogP contribution in [0.25, 0.3) is 0 Å². The number of carbonyl (C=O) groups is 1. The molecule has 0 aliphatic heterocycles. The lowest BCUT2D eigenvalue weighted by atomic mass is 10.1. The third-order valence-electron chi connectivity index (χ3n) is 5.59. The molecule has 4 rings (SSSR count). The molecule has 0 bridgehead atoms. The molecule has 0 aliphatic carbocycles. The fourth-order valence-corrected chi connectivity index (χ4v) is 5.62. The highest BCUT2D eigenvalue weighted by Crippen LogP contribution is 2.36. The molecular formula is C28H22ClF3N2O3S2. The van der Waals surface area contributed by atoms with Crippen molar-refractivity contribution in [3.63, 3.8) is 0 Å². The van der Waals surface area contributed by atoms with E-state index in [-0.39, 0.29) is 16.5 Å². The summed E-state index contributed by atoms with van der Waals surface area (Å²) in [4.78, 5) is 13.6. The van der Waals surface area contributed by atoms with Gasteiger partial charge < -0.3 is 5.32 Å². The number of amides is 1. The molecule has 0 spiro atoms. The molecule has 0 aromatic heterocycles. The van der Waals surface area contributed by atoms with E-state index < -0.39 is 26.8 Å². The minimum Gasteiger partial charge on any atom is -0.322 e. The van der Waals surface area contributed by atoms with E-state index in [9.17, 15) is 26.4 Å². The van der Waals surface area contributed by atoms with Crippen LogP contribution in [0, 0.1) is 6.92 Å². The van der Waals surface area contributed by atoms with Gasteiger partial charge >= 0.3 is 6.18 Å². The molecule has 39 heavy (non-hydrogen) atoms. The maximum absolute atomic E-state index is 13.1. The Balaban J connectivity index is 1.37. The fraction of sp³-hybridized carbons (Fsp3) is 0.107. The molecule has 202 valence electrons. The highest BCUT2D eigenvalue weighted by atomic mass is 35.5. The van der Waals surface area contributed by atoms with Crippen LogP contribution in [0.5, 0.6) is 0 Å². The van der Waals surface area contributed by atoms with Crippen LogP contribution in [-0.2, 0) is 22.0 Å². The zero-order valence-electron chi connectivity index (χ0n) is 20.4. The summed E-state index contributed by atoms with van der Waals surface area (Å²) < 4.78 is 66.7. The number of carbonyl (C=O) groups excluding carboxylic acids is 1. The summed E-state index contributed by atoms with van der Waals surface area (Å²) in [5.74, 6) is 0.380. The van der Waals surface area contributed by atoms with E-state index in [2.05, 4.69) is 34.3 Å². The van der Waals surface area contributed by atoms with Crippen molar-refractivity contribution in [2.75, 3.05) is 10.0 Å². The van der Waals surface area contributed by atoms with Crippen molar-refractivity contribution in [2.24, 2.45) is 0 Å². The monoisotopic (exact) mass is 590 g/mol. The number of alkyl halides is 3. The van der Waals surface area contributed by atoms with Gasteiger partial charge in [0.1, 0.15) is 0 Å². The summed E-state index contributed by atoms with van der Waals surface area (Å²) in [6, 6.07) is 23.4. The average molecular weight is 591 g/mol. The van der Waals surface area contributed by atoms with Crippen molar-refractivity contribution in [2.45, 2.75) is 28.6 Å². The number of rotatable bonds is 8. The first kappa shape index (κ1) is 28.5. The first-order valence-electron chi connectivity index (χ1n) is 11.5. The molecule has 0 aliphatic rings. The summed E-state index contributed by atoms with van der Waals surface area (Å²) in [7, 11) is -4.19. The molecule has 0 heterocycles. The number of halogens is 4. The second-order valence-corrected chi connectivity index (χ2v) is 11.7. The van der Waals surface area contributed by atoms with Crippen molar-refractivity contribution in [3.8, 4) is 0 Å². The summed E-state index contributed by atoms with van der Waals surface area (Å²) in [5, 5.41) is 2.16. The van der Waals surface area contributed by atoms with Crippen molar-refractivity contribution >= 4 is 50.7 Å². The lowest BCUT2D eigenvalue weighted by molar-refractivity contribution is -0.137. The second-order valence-electron chi connectivity index (χ2n) is 8.58. The van der Waals surface area contributed by atoms with E-state index in [1.807, 2.05) is 19.1 Å². The number of benzene rings is 4. The summed E-state index contributed by atoms with van der Waals surface area (Å²) >= 11 is 7.28. The Labute approximate surface area is 233 Å². The van der Waals surface area contributed by atoms with Crippen molar-refractivity contribution in [1.29, 1.82) is 0 Å². The molecule has 2 N–H and O–H groups in total. The highest BCUT2D eigenvalue weighted by Gasteiger charge is 2.33. The van der Waals surface area contributed by atoms with Gasteiger partial charge in [0.25, 0.3) is 15.9 Å². The van der Waals surface area contributed by atoms with Gasteiger partial charge in [-0.1, -0.05) is 41.4 Å². The van der Waals surface area contributed by atoms with Crippen molar-refractivity contribution < 1.29 is 26.4 Å². The molecule has 0 atom stereocenters. The number of sulfonamides is 1. The number of hydrogen-bond acceptors (Lipinski definition) is 4. The van der Waals surface area contributed by atoms with Crippen LogP contribution in [0.4, 0.5) is 24.5 Å². The molecule has 0 saturated carbocycles. The van der Waals surface area contributed by atoms with E-state index >= 15 is 0 Å². The Kier molecular flexibility index (Phi) is 8.58. The van der Waals surface area contributed by atoms with Gasteiger partial charge in [-0.15, -0.1) is 11.8 Å². The Morgan fingerprint density at radius 3 is 2.10 bits per heavy atom. The Morgan fingerprint density at radius 1 is 0.872 bits per heavy atom. The first-order valence-corrected chi connectivity index (χ1v) is 14.3. The van der Waals surface area contributed by atoms with E-state index in [1.165, 1.54) is 29.8 Å². The van der Waals surface area contributed by atoms with Gasteiger partial charge in [0.15, 0.2) is 0 Å². The van der Waals surface area contributed by atoms with Gasteiger partial charge in [-0.3, -0.25) is 9.52 Å². The van der Waals surface area contributed by atoms with Crippen LogP contribution in [0.1, 0.15) is 27.0 Å². The van der Waals surface area contributed by atoms with Crippen LogP contribution in [0.3, 0.4) is 0 Å². The number of aryl methyl sites for hydroxylation is 1. The van der Waals surface area contributed by atoms with Crippen LogP contribution >= 0.6 is 23.4 Å². The fourth-order valence-electron chi connectivity index (χ4n) is 3.49. The van der Waals surface area contributed by atoms with Gasteiger partial charge in [-0.25, -0.2) is 8.42 Å². The zero-order chi connectivity index (χ0) is 28.2. The lowest BCUT2D eigenvalue weighted by Gasteiger charge is -2.13. The number of nitrogens with one attached hydrogen (secondary N) is 2. The van der Waals surface area contributed by atoms with Gasteiger partial charge in [0.2, 0.25) is 0 Å².